The van der Waals surface area contributed by atoms with Crippen molar-refractivity contribution in [2.45, 2.75) is 32.9 Å². The van der Waals surface area contributed by atoms with Crippen molar-refractivity contribution < 1.29 is 14.1 Å². The molecule has 4 unspecified atom stereocenters. The molecule has 0 aliphatic carbocycles. The first-order valence-electron chi connectivity index (χ1n) is 4.63. The van der Waals surface area contributed by atoms with E-state index in [1.165, 1.54) is 0 Å². The molecule has 4 atom stereocenters. The fraction of sp³-hybridized carbons (Fsp3) is 0.889. The molecule has 14 heavy (non-hydrogen) atoms. The minimum absolute atomic E-state index is 0.0811. The number of carboxylic acid groups (broad SMARTS) is 1. The molecule has 4 nitrogen and oxygen atoms in total. The molecule has 0 aromatic rings. The van der Waals surface area contributed by atoms with E-state index < -0.39 is 22.7 Å². The average Bonchev–Trinajstić information content (AvgIpc) is 2.00. The molecule has 0 rings (SSSR count). The van der Waals surface area contributed by atoms with E-state index in [2.05, 4.69) is 5.32 Å². The molecular weight excluding hydrogens is 202 g/mol. The second-order valence-corrected chi connectivity index (χ2v) is 5.20. The topological polar surface area (TPSA) is 66.4 Å². The summed E-state index contributed by atoms with van der Waals surface area (Å²) in [7, 11) is -0.846. The number of hydrogen-bond donors (Lipinski definition) is 2. The fourth-order valence-electron chi connectivity index (χ4n) is 1.21. The molecule has 84 valence electrons. The first kappa shape index (κ1) is 13.6. The van der Waals surface area contributed by atoms with Crippen LogP contribution >= 0.6 is 0 Å². The Balaban J connectivity index is 3.98. The van der Waals surface area contributed by atoms with E-state index in [9.17, 15) is 9.00 Å². The molecule has 0 fully saturated rings. The van der Waals surface area contributed by atoms with Crippen LogP contribution in [0.3, 0.4) is 0 Å². The molecular formula is C9H19NO3S. The average molecular weight is 221 g/mol. The first-order valence-corrected chi connectivity index (χ1v) is 6.36. The van der Waals surface area contributed by atoms with E-state index in [0.29, 0.717) is 5.75 Å². The molecule has 0 bridgehead atoms. The molecule has 0 aromatic carbocycles. The van der Waals surface area contributed by atoms with Gasteiger partial charge < -0.3 is 10.4 Å². The van der Waals surface area contributed by atoms with Crippen LogP contribution in [0.25, 0.3) is 0 Å². The summed E-state index contributed by atoms with van der Waals surface area (Å²) in [4.78, 5) is 10.6. The lowest BCUT2D eigenvalue weighted by Gasteiger charge is -2.22. The fourth-order valence-corrected chi connectivity index (χ4v) is 2.01. The van der Waals surface area contributed by atoms with Crippen LogP contribution in [-0.2, 0) is 15.6 Å². The number of nitrogens with one attached hydrogen (secondary N) is 1. The van der Waals surface area contributed by atoms with Gasteiger partial charge in [0.25, 0.3) is 0 Å². The lowest BCUT2D eigenvalue weighted by Crippen LogP contribution is -2.43. The number of carbonyl (C=O) groups is 1. The quantitative estimate of drug-likeness (QED) is 0.683. The number of hydrogen-bond acceptors (Lipinski definition) is 3. The minimum Gasteiger partial charge on any atom is -0.481 e. The van der Waals surface area contributed by atoms with Gasteiger partial charge in [-0.2, -0.15) is 0 Å². The Hall–Kier alpha value is -0.420. The van der Waals surface area contributed by atoms with Crippen LogP contribution in [0.2, 0.25) is 0 Å². The second kappa shape index (κ2) is 6.14. The summed E-state index contributed by atoms with van der Waals surface area (Å²) in [5.74, 6) is -0.686. The van der Waals surface area contributed by atoms with Gasteiger partial charge in [-0.15, -0.1) is 0 Å². The van der Waals surface area contributed by atoms with Gasteiger partial charge in [-0.1, -0.05) is 6.92 Å². The predicted octanol–water partition coefficient (Wildman–Crippen LogP) is 0.452. The highest BCUT2D eigenvalue weighted by Gasteiger charge is 2.20. The van der Waals surface area contributed by atoms with Crippen molar-refractivity contribution in [3.63, 3.8) is 0 Å². The minimum atomic E-state index is -0.846. The molecule has 0 saturated carbocycles. The van der Waals surface area contributed by atoms with Crippen molar-refractivity contribution in [3.8, 4) is 0 Å². The van der Waals surface area contributed by atoms with Crippen molar-refractivity contribution in [1.82, 2.24) is 5.32 Å². The monoisotopic (exact) mass is 221 g/mol. The molecule has 2 N–H and O–H groups in total. The highest BCUT2D eigenvalue weighted by atomic mass is 32.2. The Kier molecular flexibility index (Phi) is 5.95. The maximum absolute atomic E-state index is 10.9. The summed E-state index contributed by atoms with van der Waals surface area (Å²) >= 11 is 0. The summed E-state index contributed by atoms with van der Waals surface area (Å²) in [5.41, 5.74) is 0. The standard InChI is InChI=1S/C9H19NO3S/c1-6(5-14(4)13)10-8(3)7(2)9(11)12/h6-8,10H,5H2,1-4H3,(H,11,12). The maximum Gasteiger partial charge on any atom is 0.307 e. The predicted molar refractivity (Wildman–Crippen MR) is 57.8 cm³/mol. The summed E-state index contributed by atoms with van der Waals surface area (Å²) < 4.78 is 10.9. The molecule has 0 aromatic heterocycles. The zero-order valence-electron chi connectivity index (χ0n) is 9.11. The van der Waals surface area contributed by atoms with E-state index in [-0.39, 0.29) is 12.1 Å². The Bertz CT molecular complexity index is 220. The highest BCUT2D eigenvalue weighted by Crippen LogP contribution is 2.03. The summed E-state index contributed by atoms with van der Waals surface area (Å²) in [6.07, 6.45) is 1.64. The van der Waals surface area contributed by atoms with Gasteiger partial charge >= 0.3 is 5.97 Å². The van der Waals surface area contributed by atoms with Gasteiger partial charge in [-0.3, -0.25) is 9.00 Å². The largest absolute Gasteiger partial charge is 0.481 e. The third-order valence-electron chi connectivity index (χ3n) is 2.17. The van der Waals surface area contributed by atoms with Crippen molar-refractivity contribution in [2.75, 3.05) is 12.0 Å². The van der Waals surface area contributed by atoms with Crippen LogP contribution in [-0.4, -0.2) is 39.4 Å². The maximum atomic E-state index is 10.9. The van der Waals surface area contributed by atoms with Gasteiger partial charge in [0.1, 0.15) is 0 Å². The molecule has 0 amide bonds. The van der Waals surface area contributed by atoms with E-state index >= 15 is 0 Å². The van der Waals surface area contributed by atoms with Crippen LogP contribution in [0.15, 0.2) is 0 Å². The van der Waals surface area contributed by atoms with Crippen molar-refractivity contribution in [3.05, 3.63) is 0 Å². The van der Waals surface area contributed by atoms with Gasteiger partial charge in [-0.05, 0) is 13.8 Å². The molecule has 0 radical (unpaired) electrons. The van der Waals surface area contributed by atoms with E-state index in [4.69, 9.17) is 5.11 Å². The third-order valence-corrected chi connectivity index (χ3v) is 3.14. The number of rotatable bonds is 6. The van der Waals surface area contributed by atoms with E-state index in [0.717, 1.165) is 0 Å². The molecule has 0 aliphatic rings. The second-order valence-electron chi connectivity index (χ2n) is 3.72. The van der Waals surface area contributed by atoms with Gasteiger partial charge in [0.05, 0.1) is 5.92 Å². The van der Waals surface area contributed by atoms with Crippen LogP contribution in [0.1, 0.15) is 20.8 Å². The smallest absolute Gasteiger partial charge is 0.307 e. The van der Waals surface area contributed by atoms with Crippen molar-refractivity contribution in [2.24, 2.45) is 5.92 Å². The van der Waals surface area contributed by atoms with Crippen LogP contribution in [0.4, 0.5) is 0 Å². The van der Waals surface area contributed by atoms with E-state index in [1.807, 2.05) is 13.8 Å². The number of carboxylic acids is 1. The van der Waals surface area contributed by atoms with Gasteiger partial charge in [0.15, 0.2) is 0 Å². The summed E-state index contributed by atoms with van der Waals surface area (Å²) in [6, 6.07) is -0.0244. The molecule has 5 heteroatoms. The normalized spacial score (nSPS) is 19.7. The summed E-state index contributed by atoms with van der Waals surface area (Å²) in [6.45, 7) is 5.40. The third kappa shape index (κ3) is 5.34. The molecule has 0 spiro atoms. The lowest BCUT2D eigenvalue weighted by atomic mass is 10.0. The Morgan fingerprint density at radius 2 is 1.93 bits per heavy atom. The Morgan fingerprint density at radius 1 is 1.43 bits per heavy atom. The zero-order chi connectivity index (χ0) is 11.3. The van der Waals surface area contributed by atoms with E-state index in [1.54, 1.807) is 13.2 Å². The summed E-state index contributed by atoms with van der Waals surface area (Å²) in [5, 5.41) is 11.9. The van der Waals surface area contributed by atoms with Crippen LogP contribution in [0.5, 0.6) is 0 Å². The SMILES string of the molecule is CC(CS(C)=O)NC(C)C(C)C(=O)O. The zero-order valence-corrected chi connectivity index (χ0v) is 9.93. The van der Waals surface area contributed by atoms with Gasteiger partial charge in [0.2, 0.25) is 0 Å². The number of aliphatic carboxylic acids is 1. The van der Waals surface area contributed by atoms with Crippen LogP contribution < -0.4 is 5.32 Å². The molecule has 0 heterocycles. The highest BCUT2D eigenvalue weighted by molar-refractivity contribution is 7.84. The first-order chi connectivity index (χ1) is 6.34. The van der Waals surface area contributed by atoms with Crippen molar-refractivity contribution in [1.29, 1.82) is 0 Å². The van der Waals surface area contributed by atoms with Gasteiger partial charge in [0, 0.05) is 34.9 Å². The lowest BCUT2D eigenvalue weighted by molar-refractivity contribution is -0.141. The van der Waals surface area contributed by atoms with Gasteiger partial charge in [-0.25, -0.2) is 0 Å². The Labute approximate surface area is 87.5 Å². The molecule has 0 saturated heterocycles. The Morgan fingerprint density at radius 3 is 2.29 bits per heavy atom. The van der Waals surface area contributed by atoms with Crippen LogP contribution in [0, 0.1) is 5.92 Å². The molecule has 0 aliphatic heterocycles. The van der Waals surface area contributed by atoms with Crippen molar-refractivity contribution >= 4 is 16.8 Å².